The minimum Gasteiger partial charge on any atom is -0.359 e. The Bertz CT molecular complexity index is 567. The summed E-state index contributed by atoms with van der Waals surface area (Å²) in [6.07, 6.45) is 10.9. The van der Waals surface area contributed by atoms with Crippen LogP contribution in [0.3, 0.4) is 0 Å². The number of fused-ring (bicyclic) bond motifs is 2. The molecule has 24 heavy (non-hydrogen) atoms. The van der Waals surface area contributed by atoms with Crippen molar-refractivity contribution in [2.75, 3.05) is 5.32 Å². The molecular formula is C20H30N3S+. The van der Waals surface area contributed by atoms with Crippen molar-refractivity contribution in [1.29, 1.82) is 0 Å². The molecule has 0 unspecified atom stereocenters. The number of quaternary nitrogens is 1. The second-order valence-corrected chi connectivity index (χ2v) is 8.32. The first kappa shape index (κ1) is 16.3. The first-order chi connectivity index (χ1) is 11.7. The number of aryl methyl sites for hydroxylation is 1. The summed E-state index contributed by atoms with van der Waals surface area (Å²) in [7, 11) is 0. The fourth-order valence-electron chi connectivity index (χ4n) is 4.95. The molecule has 3 N–H and O–H groups in total. The summed E-state index contributed by atoms with van der Waals surface area (Å²) in [5.74, 6) is 0. The lowest BCUT2D eigenvalue weighted by Gasteiger charge is -2.46. The van der Waals surface area contributed by atoms with Crippen LogP contribution in [-0.2, 0) is 6.42 Å². The quantitative estimate of drug-likeness (QED) is 0.734. The van der Waals surface area contributed by atoms with Gasteiger partial charge in [0.05, 0.1) is 18.1 Å². The zero-order valence-corrected chi connectivity index (χ0v) is 15.5. The molecule has 1 saturated carbocycles. The molecule has 2 bridgehead atoms. The molecule has 1 aromatic rings. The minimum atomic E-state index is 0.553. The fraction of sp³-hybridized carbons (Fsp3) is 0.650. The second-order valence-electron chi connectivity index (χ2n) is 7.92. The van der Waals surface area contributed by atoms with Crippen molar-refractivity contribution in [3.63, 3.8) is 0 Å². The Labute approximate surface area is 151 Å². The largest absolute Gasteiger partial charge is 0.359 e. The Kier molecular flexibility index (Phi) is 4.77. The van der Waals surface area contributed by atoms with Gasteiger partial charge in [-0.25, -0.2) is 0 Å². The highest BCUT2D eigenvalue weighted by atomic mass is 32.1. The third-order valence-corrected chi connectivity index (χ3v) is 6.41. The van der Waals surface area contributed by atoms with Gasteiger partial charge in [-0.2, -0.15) is 0 Å². The summed E-state index contributed by atoms with van der Waals surface area (Å²) in [6.45, 7) is 2.18. The van der Waals surface area contributed by atoms with E-state index < -0.39 is 0 Å². The number of benzene rings is 1. The Hall–Kier alpha value is -1.13. The van der Waals surface area contributed by atoms with Crippen molar-refractivity contribution in [3.8, 4) is 0 Å². The molecule has 0 amide bonds. The van der Waals surface area contributed by atoms with Crippen molar-refractivity contribution in [2.45, 2.75) is 82.5 Å². The lowest BCUT2D eigenvalue weighted by Crippen LogP contribution is -3.22. The molecule has 2 heterocycles. The highest BCUT2D eigenvalue weighted by Gasteiger charge is 2.48. The molecule has 2 atom stereocenters. The first-order valence-electron chi connectivity index (χ1n) is 9.76. The van der Waals surface area contributed by atoms with E-state index in [9.17, 15) is 0 Å². The molecule has 0 spiro atoms. The van der Waals surface area contributed by atoms with Crippen LogP contribution in [0, 0.1) is 0 Å². The number of hydrogen-bond acceptors (Lipinski definition) is 1. The zero-order chi connectivity index (χ0) is 16.5. The number of thiocarbonyl (C=S) groups is 1. The molecule has 2 saturated heterocycles. The Morgan fingerprint density at radius 2 is 1.71 bits per heavy atom. The topological polar surface area (TPSA) is 28.5 Å². The third-order valence-electron chi connectivity index (χ3n) is 6.19. The van der Waals surface area contributed by atoms with Crippen molar-refractivity contribution < 1.29 is 4.90 Å². The van der Waals surface area contributed by atoms with Crippen molar-refractivity contribution in [3.05, 3.63) is 29.8 Å². The van der Waals surface area contributed by atoms with E-state index >= 15 is 0 Å². The molecule has 0 radical (unpaired) electrons. The van der Waals surface area contributed by atoms with E-state index in [1.54, 1.807) is 0 Å². The molecule has 2 aliphatic heterocycles. The van der Waals surface area contributed by atoms with E-state index in [0.29, 0.717) is 6.04 Å². The van der Waals surface area contributed by atoms with Crippen LogP contribution in [0.4, 0.5) is 5.69 Å². The maximum Gasteiger partial charge on any atom is 0.171 e. The van der Waals surface area contributed by atoms with E-state index in [4.69, 9.17) is 12.2 Å². The van der Waals surface area contributed by atoms with Gasteiger partial charge in [-0.15, -0.1) is 0 Å². The van der Waals surface area contributed by atoms with Gasteiger partial charge in [-0.1, -0.05) is 19.1 Å². The molecular weight excluding hydrogens is 314 g/mol. The maximum atomic E-state index is 5.57. The summed E-state index contributed by atoms with van der Waals surface area (Å²) in [5, 5.41) is 7.77. The Morgan fingerprint density at radius 3 is 2.29 bits per heavy atom. The van der Waals surface area contributed by atoms with E-state index in [1.165, 1.54) is 50.5 Å². The molecule has 1 aromatic carbocycles. The number of hydrogen-bond donors (Lipinski definition) is 3. The average Bonchev–Trinajstić information content (AvgIpc) is 3.39. The predicted molar refractivity (Wildman–Crippen MR) is 104 cm³/mol. The lowest BCUT2D eigenvalue weighted by molar-refractivity contribution is -0.971. The lowest BCUT2D eigenvalue weighted by atomic mass is 9.81. The summed E-state index contributed by atoms with van der Waals surface area (Å²) >= 11 is 5.57. The van der Waals surface area contributed by atoms with Gasteiger partial charge in [0.25, 0.3) is 0 Å². The fourth-order valence-corrected chi connectivity index (χ4v) is 5.23. The summed E-state index contributed by atoms with van der Waals surface area (Å²) in [6, 6.07) is 11.9. The van der Waals surface area contributed by atoms with Gasteiger partial charge in [0, 0.05) is 37.4 Å². The first-order valence-corrected chi connectivity index (χ1v) is 10.2. The van der Waals surface area contributed by atoms with Gasteiger partial charge < -0.3 is 15.5 Å². The van der Waals surface area contributed by atoms with Crippen LogP contribution in [0.2, 0.25) is 0 Å². The van der Waals surface area contributed by atoms with Crippen molar-refractivity contribution in [2.24, 2.45) is 0 Å². The summed E-state index contributed by atoms with van der Waals surface area (Å²) in [4.78, 5) is 1.95. The van der Waals surface area contributed by atoms with E-state index in [1.807, 2.05) is 4.90 Å². The van der Waals surface area contributed by atoms with Crippen LogP contribution in [-0.4, -0.2) is 29.3 Å². The normalized spacial score (nSPS) is 32.2. The molecule has 1 aliphatic carbocycles. The highest BCUT2D eigenvalue weighted by Crippen LogP contribution is 2.27. The van der Waals surface area contributed by atoms with Crippen LogP contribution in [0.5, 0.6) is 0 Å². The SMILES string of the molecule is CCc1ccc(NC(=S)NC2C[C@H]3CCC[C@H](C2)[NH+]3C2CC2)cc1. The van der Waals surface area contributed by atoms with Gasteiger partial charge >= 0.3 is 0 Å². The summed E-state index contributed by atoms with van der Waals surface area (Å²) < 4.78 is 0. The number of piperidine rings is 2. The monoisotopic (exact) mass is 344 g/mol. The van der Waals surface area contributed by atoms with Gasteiger partial charge in [-0.3, -0.25) is 0 Å². The van der Waals surface area contributed by atoms with E-state index in [2.05, 4.69) is 41.8 Å². The van der Waals surface area contributed by atoms with Gasteiger partial charge in [-0.05, 0) is 55.6 Å². The van der Waals surface area contributed by atoms with Crippen LogP contribution < -0.4 is 15.5 Å². The van der Waals surface area contributed by atoms with Crippen LogP contribution in [0.1, 0.15) is 57.4 Å². The third kappa shape index (κ3) is 3.60. The second kappa shape index (κ2) is 7.01. The van der Waals surface area contributed by atoms with Gasteiger partial charge in [0.15, 0.2) is 5.11 Å². The molecule has 3 nitrogen and oxygen atoms in total. The van der Waals surface area contributed by atoms with E-state index in [0.717, 1.165) is 35.3 Å². The maximum absolute atomic E-state index is 5.57. The molecule has 3 fully saturated rings. The predicted octanol–water partition coefficient (Wildman–Crippen LogP) is 2.67. The standard InChI is InChI=1S/C20H29N3S/c1-2-14-6-8-15(9-7-14)21-20(24)22-16-12-18-4-3-5-19(13-16)23(18)17-10-11-17/h6-9,16-19H,2-5,10-13H2,1H3,(H2,21,22,24)/p+1/t18-,19-/m1/s1. The molecule has 4 heteroatoms. The molecule has 3 aliphatic rings. The average molecular weight is 345 g/mol. The highest BCUT2D eigenvalue weighted by molar-refractivity contribution is 7.80. The zero-order valence-electron chi connectivity index (χ0n) is 14.7. The van der Waals surface area contributed by atoms with Crippen LogP contribution >= 0.6 is 12.2 Å². The molecule has 4 rings (SSSR count). The van der Waals surface area contributed by atoms with Gasteiger partial charge in [0.2, 0.25) is 0 Å². The number of anilines is 1. The van der Waals surface area contributed by atoms with E-state index in [-0.39, 0.29) is 0 Å². The summed E-state index contributed by atoms with van der Waals surface area (Å²) in [5.41, 5.74) is 2.45. The smallest absolute Gasteiger partial charge is 0.171 e. The molecule has 130 valence electrons. The van der Waals surface area contributed by atoms with Crippen LogP contribution in [0.25, 0.3) is 0 Å². The van der Waals surface area contributed by atoms with Crippen molar-refractivity contribution >= 4 is 23.0 Å². The Balaban J connectivity index is 1.32. The molecule has 0 aromatic heterocycles. The van der Waals surface area contributed by atoms with Gasteiger partial charge in [0.1, 0.15) is 0 Å². The number of rotatable bonds is 4. The Morgan fingerprint density at radius 1 is 1.04 bits per heavy atom. The minimum absolute atomic E-state index is 0.553. The number of nitrogens with one attached hydrogen (secondary N) is 3. The van der Waals surface area contributed by atoms with Crippen LogP contribution in [0.15, 0.2) is 24.3 Å². The van der Waals surface area contributed by atoms with Crippen molar-refractivity contribution in [1.82, 2.24) is 5.32 Å².